The van der Waals surface area contributed by atoms with E-state index in [-0.39, 0.29) is 74.8 Å². The molecule has 0 saturated heterocycles. The fourth-order valence-corrected chi connectivity index (χ4v) is 5.54. The number of hydrogen-bond donors (Lipinski definition) is 1. The molecule has 63 heavy (non-hydrogen) atoms. The monoisotopic (exact) mass is 928 g/mol. The SMILES string of the molecule is CN=P.[2H]C([2H])(O)c1ncnn1C([2H])([2H])C.[2H]C([2H])(Oc1nn2c(-c3ccccc3F)nnc2cc1C(C)(C)C([2H])([2H])[2H])c1ncnn1C([2H])([2H])C([2H])([2H])[2H].[2H]C([2H])([2H])C(C)(C)c1cc2nnc(-c3ccccc3F)n2nc1Cl.[H-].[Na+]. The number of aliphatic hydroxyl groups is 1. The normalized spacial score (nSPS) is 16.6. The molecule has 0 atom stereocenters. The van der Waals surface area contributed by atoms with Crippen LogP contribution in [0.15, 0.2) is 78.1 Å². The van der Waals surface area contributed by atoms with Gasteiger partial charge in [-0.15, -0.1) is 25.5 Å². The van der Waals surface area contributed by atoms with Gasteiger partial charge in [0.1, 0.15) is 37.4 Å². The van der Waals surface area contributed by atoms with Crippen LogP contribution in [-0.4, -0.2) is 81.3 Å². The molecule has 0 amide bonds. The van der Waals surface area contributed by atoms with E-state index < -0.39 is 86.7 Å². The van der Waals surface area contributed by atoms with Gasteiger partial charge in [-0.3, -0.25) is 4.74 Å². The summed E-state index contributed by atoms with van der Waals surface area (Å²) in [6.07, 6.45) is 1.74. The fourth-order valence-electron chi connectivity index (χ4n) is 5.18. The number of halogens is 3. The molecule has 6 heterocycles. The van der Waals surface area contributed by atoms with Crippen LogP contribution in [0.4, 0.5) is 8.78 Å². The summed E-state index contributed by atoms with van der Waals surface area (Å²) in [7, 11) is 4.47. The maximum Gasteiger partial charge on any atom is 1.00 e. The van der Waals surface area contributed by atoms with Gasteiger partial charge in [0.2, 0.25) is 5.88 Å². The average molecular weight is 929 g/mol. The van der Waals surface area contributed by atoms with Crippen molar-refractivity contribution in [2.24, 2.45) is 4.74 Å². The summed E-state index contributed by atoms with van der Waals surface area (Å²) < 4.78 is 172. The van der Waals surface area contributed by atoms with Crippen molar-refractivity contribution in [1.82, 2.24) is 69.2 Å². The Hall–Kier alpha value is -5.17. The summed E-state index contributed by atoms with van der Waals surface area (Å²) in [5, 5.41) is 40.3. The van der Waals surface area contributed by atoms with Crippen molar-refractivity contribution >= 4 is 31.9 Å². The van der Waals surface area contributed by atoms with E-state index in [9.17, 15) is 8.78 Å². The predicted molar refractivity (Wildman–Crippen MR) is 234 cm³/mol. The third-order valence-electron chi connectivity index (χ3n) is 8.04. The van der Waals surface area contributed by atoms with Crippen molar-refractivity contribution in [2.45, 2.75) is 92.1 Å². The summed E-state index contributed by atoms with van der Waals surface area (Å²) in [5.74, 6) is -2.90. The number of rotatable bonds is 8. The van der Waals surface area contributed by atoms with Gasteiger partial charge in [0.25, 0.3) is 0 Å². The second-order valence-electron chi connectivity index (χ2n) is 13.4. The average Bonchev–Trinajstić information content (AvgIpc) is 4.15. The van der Waals surface area contributed by atoms with E-state index in [0.29, 0.717) is 15.9 Å². The van der Waals surface area contributed by atoms with Gasteiger partial charge in [0.15, 0.2) is 39.7 Å². The van der Waals surface area contributed by atoms with Crippen LogP contribution in [0.2, 0.25) is 5.15 Å². The first-order chi connectivity index (χ1) is 36.1. The third-order valence-corrected chi connectivity index (χ3v) is 8.32. The van der Waals surface area contributed by atoms with Gasteiger partial charge >= 0.3 is 29.6 Å². The Labute approximate surface area is 418 Å². The zero-order chi connectivity index (χ0) is 59.9. The molecule has 17 nitrogen and oxygen atoms in total. The molecular weight excluding hydrogens is 862 g/mol. The number of benzene rings is 2. The summed E-state index contributed by atoms with van der Waals surface area (Å²) in [6.45, 7) is -12.0. The van der Waals surface area contributed by atoms with E-state index in [2.05, 4.69) is 64.5 Å². The van der Waals surface area contributed by atoms with E-state index in [1.54, 1.807) is 45.2 Å². The molecule has 328 valence electrons. The van der Waals surface area contributed by atoms with Crippen LogP contribution < -0.4 is 34.3 Å². The molecule has 0 aliphatic heterocycles. The van der Waals surface area contributed by atoms with Crippen LogP contribution in [0.1, 0.15) is 103 Å². The van der Waals surface area contributed by atoms with Crippen molar-refractivity contribution in [3.05, 3.63) is 113 Å². The van der Waals surface area contributed by atoms with Gasteiger partial charge in [-0.25, -0.2) is 28.1 Å². The molecule has 0 radical (unpaired) electrons. The Morgan fingerprint density at radius 2 is 1.30 bits per heavy atom. The first-order valence-electron chi connectivity index (χ1n) is 26.2. The molecule has 22 heteroatoms. The minimum atomic E-state index is -3.26. The fraction of sp³-hybridized carbons (Fsp3) is 0.366. The van der Waals surface area contributed by atoms with Gasteiger partial charge in [-0.2, -0.15) is 24.3 Å². The van der Waals surface area contributed by atoms with Crippen molar-refractivity contribution < 1.29 is 72.9 Å². The molecule has 2 aromatic carbocycles. The molecule has 0 unspecified atom stereocenters. The topological polar surface area (TPSA) is 189 Å². The Morgan fingerprint density at radius 1 is 0.810 bits per heavy atom. The van der Waals surface area contributed by atoms with Gasteiger partial charge in [-0.1, -0.05) is 77.3 Å². The van der Waals surface area contributed by atoms with Gasteiger partial charge in [-0.05, 0) is 70.0 Å². The van der Waals surface area contributed by atoms with Crippen molar-refractivity contribution in [1.29, 1.82) is 0 Å². The molecule has 0 fully saturated rings. The molecule has 1 N–H and O–H groups in total. The number of hydrogen-bond acceptors (Lipinski definition) is 13. The first-order valence-corrected chi connectivity index (χ1v) is 18.6. The number of aromatic nitrogens is 14. The maximum absolute atomic E-state index is 14.5. The second-order valence-corrected chi connectivity index (χ2v) is 14.2. The predicted octanol–water partition coefficient (Wildman–Crippen LogP) is 5.15. The van der Waals surface area contributed by atoms with Crippen LogP contribution in [0, 0.1) is 11.6 Å². The second kappa shape index (κ2) is 22.4. The summed E-state index contributed by atoms with van der Waals surface area (Å²) in [6, 6.07) is 14.5. The van der Waals surface area contributed by atoms with E-state index in [4.69, 9.17) is 44.7 Å². The largest absolute Gasteiger partial charge is 1.00 e. The third kappa shape index (κ3) is 12.3. The Bertz CT molecular complexity index is 3430. The quantitative estimate of drug-likeness (QED) is 0.156. The Morgan fingerprint density at radius 3 is 1.79 bits per heavy atom. The zero-order valence-electron chi connectivity index (χ0n) is 52.6. The first kappa shape index (κ1) is 30.8. The zero-order valence-corrected chi connectivity index (χ0v) is 38.4. The van der Waals surface area contributed by atoms with E-state index in [0.717, 1.165) is 17.2 Å². The number of ether oxygens (including phenoxy) is 1. The molecule has 0 bridgehead atoms. The molecule has 8 rings (SSSR count). The molecule has 0 spiro atoms. The van der Waals surface area contributed by atoms with Gasteiger partial charge < -0.3 is 11.3 Å². The minimum absolute atomic E-state index is 0. The van der Waals surface area contributed by atoms with E-state index in [1.165, 1.54) is 61.7 Å². The molecular formula is C41H50ClF2N15NaO2P. The van der Waals surface area contributed by atoms with Crippen LogP contribution in [0.25, 0.3) is 34.1 Å². The molecule has 8 aromatic rings. The van der Waals surface area contributed by atoms with Crippen LogP contribution in [-0.2, 0) is 36.9 Å². The standard InChI is InChI=1S/C20H22FN7O.C15H14ClFN4.C5H9N3O.CH4NP.Na.H/c1-5-27-17(22-12-23-27)11-29-19-14(20(2,3)4)10-16-24-25-18(28(16)26-19)13-8-6-7-9-15(13)21;1-15(2,3)10-8-12-18-19-14(21(12)20-13(10)16)9-6-4-5-7-11(9)17;1-2-8-5(3-9)6-4-7-8;1-2-3;;/h6-10,12H,5,11H2,1-4H3;4-8H,1-3H3;4,9H,2-3H2,1H3;3H,1H3;;/q;;;;+1;-1/i1D3,2D3,5D2,11D2;1D3;2D2,3D2;;;. The minimum Gasteiger partial charge on any atom is -1.00 e. The number of fused-ring (bicyclic) bond motifs is 2. The summed E-state index contributed by atoms with van der Waals surface area (Å²) >= 11 is 6.22. The summed E-state index contributed by atoms with van der Waals surface area (Å²) in [4.78, 5) is 7.12. The van der Waals surface area contributed by atoms with Crippen molar-refractivity contribution in [3.8, 4) is 28.7 Å². The van der Waals surface area contributed by atoms with Crippen LogP contribution in [0.3, 0.4) is 0 Å². The molecule has 0 aliphatic carbocycles. The van der Waals surface area contributed by atoms with E-state index >= 15 is 0 Å². The van der Waals surface area contributed by atoms with Gasteiger partial charge in [0, 0.05) is 43.5 Å². The van der Waals surface area contributed by atoms with Crippen LogP contribution in [0.5, 0.6) is 5.88 Å². The smallest absolute Gasteiger partial charge is 1.00 e. The molecule has 6 aromatic heterocycles. The number of nitrogens with zero attached hydrogens (tertiary/aromatic N) is 15. The number of aryl methyl sites for hydroxylation is 2. The van der Waals surface area contributed by atoms with Crippen molar-refractivity contribution in [3.63, 3.8) is 0 Å². The molecule has 0 saturated carbocycles. The van der Waals surface area contributed by atoms with Crippen LogP contribution >= 0.6 is 20.6 Å². The Kier molecular flexibility index (Phi) is 11.0. The molecule has 0 aliphatic rings. The van der Waals surface area contributed by atoms with E-state index in [1.807, 2.05) is 0 Å². The van der Waals surface area contributed by atoms with Crippen molar-refractivity contribution in [2.75, 3.05) is 7.05 Å². The summed E-state index contributed by atoms with van der Waals surface area (Å²) in [5.41, 5.74) is -2.17. The van der Waals surface area contributed by atoms with Gasteiger partial charge in [0.05, 0.1) is 22.1 Å². The maximum atomic E-state index is 14.5. The Balaban J connectivity index is 0.000000347.